The standard InChI is InChI=1S/C20H18N4O2/c25-19(15-7-3-1-4-8-15)23-13-14-24(18(23)17-21-11-12-22-17)20(26)16-9-5-2-6-10-16/h1-12,18H,13-14H2,(H,21,22). The molecule has 1 aliphatic rings. The van der Waals surface area contributed by atoms with Gasteiger partial charge in [0.25, 0.3) is 11.8 Å². The normalized spacial score (nSPS) is 14.6. The van der Waals surface area contributed by atoms with E-state index in [0.29, 0.717) is 30.0 Å². The average Bonchev–Trinajstić information content (AvgIpc) is 3.37. The lowest BCUT2D eigenvalue weighted by Gasteiger charge is -2.28. The topological polar surface area (TPSA) is 69.3 Å². The van der Waals surface area contributed by atoms with Gasteiger partial charge in [-0.05, 0) is 24.3 Å². The number of aromatic amines is 1. The number of aromatic nitrogens is 2. The summed E-state index contributed by atoms with van der Waals surface area (Å²) in [6.45, 7) is 0.912. The molecule has 1 aromatic heterocycles. The summed E-state index contributed by atoms with van der Waals surface area (Å²) in [5, 5.41) is 0. The molecule has 6 nitrogen and oxygen atoms in total. The van der Waals surface area contributed by atoms with Crippen molar-refractivity contribution in [3.63, 3.8) is 0 Å². The zero-order chi connectivity index (χ0) is 17.9. The second-order valence-corrected chi connectivity index (χ2v) is 6.08. The quantitative estimate of drug-likeness (QED) is 0.793. The summed E-state index contributed by atoms with van der Waals surface area (Å²) in [7, 11) is 0. The lowest BCUT2D eigenvalue weighted by Crippen LogP contribution is -2.38. The number of imidazole rings is 1. The smallest absolute Gasteiger partial charge is 0.255 e. The molecule has 2 amide bonds. The van der Waals surface area contributed by atoms with Gasteiger partial charge in [-0.3, -0.25) is 9.59 Å². The van der Waals surface area contributed by atoms with Crippen molar-refractivity contribution in [2.24, 2.45) is 0 Å². The molecule has 130 valence electrons. The Hall–Kier alpha value is -3.41. The minimum Gasteiger partial charge on any atom is -0.345 e. The van der Waals surface area contributed by atoms with Crippen LogP contribution in [0.15, 0.2) is 73.1 Å². The van der Waals surface area contributed by atoms with Crippen LogP contribution in [0.25, 0.3) is 0 Å². The Labute approximate surface area is 151 Å². The van der Waals surface area contributed by atoms with E-state index in [1.54, 1.807) is 46.5 Å². The second kappa shape index (κ2) is 6.84. The number of hydrogen-bond acceptors (Lipinski definition) is 3. The van der Waals surface area contributed by atoms with Crippen LogP contribution in [0.5, 0.6) is 0 Å². The van der Waals surface area contributed by atoms with Gasteiger partial charge in [0.2, 0.25) is 0 Å². The highest BCUT2D eigenvalue weighted by Crippen LogP contribution is 2.30. The zero-order valence-corrected chi connectivity index (χ0v) is 14.1. The summed E-state index contributed by atoms with van der Waals surface area (Å²) < 4.78 is 0. The molecule has 0 spiro atoms. The van der Waals surface area contributed by atoms with Crippen molar-refractivity contribution in [2.75, 3.05) is 13.1 Å². The van der Waals surface area contributed by atoms with E-state index in [4.69, 9.17) is 0 Å². The molecule has 0 atom stereocenters. The Morgan fingerprint density at radius 1 is 0.846 bits per heavy atom. The van der Waals surface area contributed by atoms with Gasteiger partial charge in [-0.1, -0.05) is 36.4 Å². The molecule has 2 aromatic carbocycles. The molecule has 0 bridgehead atoms. The first kappa shape index (κ1) is 16.1. The molecule has 26 heavy (non-hydrogen) atoms. The van der Waals surface area contributed by atoms with E-state index >= 15 is 0 Å². The lowest BCUT2D eigenvalue weighted by atomic mass is 10.2. The number of rotatable bonds is 3. The zero-order valence-electron chi connectivity index (χ0n) is 14.1. The Kier molecular flexibility index (Phi) is 4.23. The van der Waals surface area contributed by atoms with E-state index in [9.17, 15) is 9.59 Å². The van der Waals surface area contributed by atoms with Crippen LogP contribution in [0, 0.1) is 0 Å². The van der Waals surface area contributed by atoms with Crippen molar-refractivity contribution in [1.29, 1.82) is 0 Å². The second-order valence-electron chi connectivity index (χ2n) is 6.08. The molecule has 0 radical (unpaired) electrons. The molecule has 0 aliphatic carbocycles. The number of H-pyrrole nitrogens is 1. The summed E-state index contributed by atoms with van der Waals surface area (Å²) >= 11 is 0. The molecule has 0 unspecified atom stereocenters. The number of carbonyl (C=O) groups excluding carboxylic acids is 2. The van der Waals surface area contributed by atoms with Gasteiger partial charge in [0.1, 0.15) is 5.82 Å². The maximum Gasteiger partial charge on any atom is 0.255 e. The summed E-state index contributed by atoms with van der Waals surface area (Å²) in [6, 6.07) is 18.2. The number of carbonyl (C=O) groups is 2. The van der Waals surface area contributed by atoms with Crippen molar-refractivity contribution in [1.82, 2.24) is 19.8 Å². The predicted octanol–water partition coefficient (Wildman–Crippen LogP) is 2.71. The third kappa shape index (κ3) is 2.86. The summed E-state index contributed by atoms with van der Waals surface area (Å²) in [4.78, 5) is 36.7. The molecule has 1 saturated heterocycles. The van der Waals surface area contributed by atoms with E-state index < -0.39 is 6.17 Å². The first-order valence-electron chi connectivity index (χ1n) is 8.47. The third-order valence-electron chi connectivity index (χ3n) is 4.50. The minimum absolute atomic E-state index is 0.115. The van der Waals surface area contributed by atoms with Crippen molar-refractivity contribution >= 4 is 11.8 Å². The number of amides is 2. The van der Waals surface area contributed by atoms with E-state index in [-0.39, 0.29) is 11.8 Å². The van der Waals surface area contributed by atoms with Crippen LogP contribution < -0.4 is 0 Å². The molecule has 4 rings (SSSR count). The Morgan fingerprint density at radius 2 is 1.35 bits per heavy atom. The highest BCUT2D eigenvalue weighted by molar-refractivity contribution is 5.97. The van der Waals surface area contributed by atoms with Crippen LogP contribution in [-0.4, -0.2) is 44.7 Å². The van der Waals surface area contributed by atoms with E-state index in [2.05, 4.69) is 9.97 Å². The number of nitrogens with zero attached hydrogens (tertiary/aromatic N) is 3. The minimum atomic E-state index is -0.551. The number of nitrogens with one attached hydrogen (secondary N) is 1. The Morgan fingerprint density at radius 3 is 1.77 bits per heavy atom. The van der Waals surface area contributed by atoms with Gasteiger partial charge in [-0.2, -0.15) is 0 Å². The maximum atomic E-state index is 13.0. The van der Waals surface area contributed by atoms with Crippen LogP contribution in [0.1, 0.15) is 32.7 Å². The molecular weight excluding hydrogens is 328 g/mol. The van der Waals surface area contributed by atoms with Crippen LogP contribution >= 0.6 is 0 Å². The first-order chi connectivity index (χ1) is 12.8. The fourth-order valence-electron chi connectivity index (χ4n) is 3.26. The molecule has 2 heterocycles. The van der Waals surface area contributed by atoms with Crippen molar-refractivity contribution in [3.05, 3.63) is 90.0 Å². The highest BCUT2D eigenvalue weighted by atomic mass is 16.2. The molecule has 1 aliphatic heterocycles. The number of benzene rings is 2. The van der Waals surface area contributed by atoms with Crippen molar-refractivity contribution in [2.45, 2.75) is 6.17 Å². The highest BCUT2D eigenvalue weighted by Gasteiger charge is 2.40. The first-order valence-corrected chi connectivity index (χ1v) is 8.47. The average molecular weight is 346 g/mol. The molecular formula is C20H18N4O2. The van der Waals surface area contributed by atoms with E-state index in [1.807, 2.05) is 36.4 Å². The summed E-state index contributed by atoms with van der Waals surface area (Å²) in [6.07, 6.45) is 2.78. The van der Waals surface area contributed by atoms with Crippen LogP contribution in [0.3, 0.4) is 0 Å². The predicted molar refractivity (Wildman–Crippen MR) is 96.3 cm³/mol. The maximum absolute atomic E-state index is 13.0. The van der Waals surface area contributed by atoms with Gasteiger partial charge in [-0.15, -0.1) is 0 Å². The molecule has 6 heteroatoms. The van der Waals surface area contributed by atoms with Gasteiger partial charge in [-0.25, -0.2) is 4.98 Å². The largest absolute Gasteiger partial charge is 0.345 e. The van der Waals surface area contributed by atoms with Gasteiger partial charge < -0.3 is 14.8 Å². The van der Waals surface area contributed by atoms with Gasteiger partial charge in [0.15, 0.2) is 6.17 Å². The monoisotopic (exact) mass is 346 g/mol. The van der Waals surface area contributed by atoms with Crippen LogP contribution in [0.2, 0.25) is 0 Å². The molecule has 1 N–H and O–H groups in total. The van der Waals surface area contributed by atoms with Crippen LogP contribution in [-0.2, 0) is 0 Å². The van der Waals surface area contributed by atoms with Crippen LogP contribution in [0.4, 0.5) is 0 Å². The number of hydrogen-bond donors (Lipinski definition) is 1. The Bertz CT molecular complexity index is 835. The van der Waals surface area contributed by atoms with Gasteiger partial charge in [0.05, 0.1) is 0 Å². The SMILES string of the molecule is O=C(c1ccccc1)N1CCN(C(=O)c2ccccc2)C1c1ncc[nH]1. The summed E-state index contributed by atoms with van der Waals surface area (Å²) in [5.41, 5.74) is 1.19. The lowest BCUT2D eigenvalue weighted by molar-refractivity contribution is 0.0530. The Balaban J connectivity index is 1.68. The van der Waals surface area contributed by atoms with Crippen molar-refractivity contribution in [3.8, 4) is 0 Å². The fourth-order valence-corrected chi connectivity index (χ4v) is 3.26. The third-order valence-corrected chi connectivity index (χ3v) is 4.50. The summed E-state index contributed by atoms with van der Waals surface area (Å²) in [5.74, 6) is 0.349. The van der Waals surface area contributed by atoms with Crippen molar-refractivity contribution < 1.29 is 9.59 Å². The molecule has 0 saturated carbocycles. The molecule has 3 aromatic rings. The van der Waals surface area contributed by atoms with E-state index in [0.717, 1.165) is 0 Å². The molecule has 1 fully saturated rings. The fraction of sp³-hybridized carbons (Fsp3) is 0.150. The van der Waals surface area contributed by atoms with E-state index in [1.165, 1.54) is 0 Å². The van der Waals surface area contributed by atoms with Gasteiger partial charge in [0, 0.05) is 36.6 Å². The van der Waals surface area contributed by atoms with Gasteiger partial charge >= 0.3 is 0 Å².